The highest BCUT2D eigenvalue weighted by molar-refractivity contribution is 6.33. The van der Waals surface area contributed by atoms with Crippen molar-refractivity contribution < 1.29 is 9.53 Å². The van der Waals surface area contributed by atoms with Crippen molar-refractivity contribution >= 4 is 48.0 Å². The number of nitrogens with one attached hydrogen (secondary N) is 1. The first-order chi connectivity index (χ1) is 12.5. The molecule has 0 bridgehead atoms. The number of nitrogen functional groups attached to an aromatic ring is 1. The summed E-state index contributed by atoms with van der Waals surface area (Å²) in [5, 5.41) is 3.45. The summed E-state index contributed by atoms with van der Waals surface area (Å²) >= 11 is 6.07. The van der Waals surface area contributed by atoms with Crippen molar-refractivity contribution in [1.29, 1.82) is 0 Å². The fourth-order valence-corrected chi connectivity index (χ4v) is 3.58. The molecule has 2 atom stereocenters. The number of hydrogen-bond donors (Lipinski definition) is 2. The van der Waals surface area contributed by atoms with Crippen LogP contribution in [-0.2, 0) is 6.54 Å². The third-order valence-corrected chi connectivity index (χ3v) is 5.16. The van der Waals surface area contributed by atoms with Gasteiger partial charge < -0.3 is 15.8 Å². The number of amides is 1. The lowest BCUT2D eigenvalue weighted by molar-refractivity contribution is 0.0934. The lowest BCUT2D eigenvalue weighted by Crippen LogP contribution is -2.37. The zero-order chi connectivity index (χ0) is 18.7. The molecule has 1 amide bonds. The molecule has 1 fully saturated rings. The Morgan fingerprint density at radius 2 is 1.96 bits per heavy atom. The molecular formula is C20H26Cl3N3O2. The van der Waals surface area contributed by atoms with Crippen molar-refractivity contribution in [3.63, 3.8) is 0 Å². The number of benzene rings is 2. The number of anilines is 1. The Kier molecular flexibility index (Phi) is 9.37. The highest BCUT2D eigenvalue weighted by Gasteiger charge is 2.30. The van der Waals surface area contributed by atoms with Crippen molar-refractivity contribution in [3.8, 4) is 5.75 Å². The smallest absolute Gasteiger partial charge is 0.255 e. The van der Waals surface area contributed by atoms with E-state index in [1.807, 2.05) is 18.2 Å². The average molecular weight is 447 g/mol. The summed E-state index contributed by atoms with van der Waals surface area (Å²) in [5.74, 6) is 0.235. The van der Waals surface area contributed by atoms with Gasteiger partial charge in [0.15, 0.2) is 0 Å². The summed E-state index contributed by atoms with van der Waals surface area (Å²) in [6.07, 6.45) is 0.906. The second kappa shape index (κ2) is 10.8. The average Bonchev–Trinajstić information content (AvgIpc) is 2.96. The molecule has 8 heteroatoms. The van der Waals surface area contributed by atoms with E-state index >= 15 is 0 Å². The topological polar surface area (TPSA) is 67.6 Å². The van der Waals surface area contributed by atoms with Crippen LogP contribution in [0.5, 0.6) is 5.75 Å². The maximum absolute atomic E-state index is 12.7. The minimum atomic E-state index is -0.192. The van der Waals surface area contributed by atoms with Crippen LogP contribution in [0.2, 0.25) is 5.02 Å². The van der Waals surface area contributed by atoms with Gasteiger partial charge in [0.1, 0.15) is 5.75 Å². The van der Waals surface area contributed by atoms with Crippen molar-refractivity contribution in [1.82, 2.24) is 10.2 Å². The van der Waals surface area contributed by atoms with E-state index < -0.39 is 0 Å². The molecule has 3 rings (SSSR count). The predicted molar refractivity (Wildman–Crippen MR) is 119 cm³/mol. The Morgan fingerprint density at radius 3 is 2.61 bits per heavy atom. The van der Waals surface area contributed by atoms with Crippen LogP contribution in [-0.4, -0.2) is 36.5 Å². The van der Waals surface area contributed by atoms with Crippen molar-refractivity contribution in [2.24, 2.45) is 0 Å². The Labute approximate surface area is 183 Å². The van der Waals surface area contributed by atoms with E-state index in [-0.39, 0.29) is 36.8 Å². The highest BCUT2D eigenvalue weighted by Crippen LogP contribution is 2.29. The summed E-state index contributed by atoms with van der Waals surface area (Å²) in [4.78, 5) is 15.1. The van der Waals surface area contributed by atoms with Crippen LogP contribution in [0.25, 0.3) is 0 Å². The quantitative estimate of drug-likeness (QED) is 0.677. The van der Waals surface area contributed by atoms with Crippen LogP contribution in [0.15, 0.2) is 42.5 Å². The standard InChI is InChI=1S/C20H24ClN3O2.2ClH/c1-13-8-15(12-24(13)11-14-6-4-3-5-7-14)23-20(25)16-9-17(21)18(22)10-19(16)26-2;;/h3-7,9-10,13,15H,8,11-12,22H2,1-2H3,(H,23,25);2*1H. The molecule has 0 aliphatic carbocycles. The van der Waals surface area contributed by atoms with Gasteiger partial charge in [-0.1, -0.05) is 41.9 Å². The molecule has 28 heavy (non-hydrogen) atoms. The van der Waals surface area contributed by atoms with E-state index in [0.717, 1.165) is 19.5 Å². The lowest BCUT2D eigenvalue weighted by Gasteiger charge is -2.21. The number of likely N-dealkylation sites (tertiary alicyclic amines) is 1. The number of rotatable bonds is 5. The van der Waals surface area contributed by atoms with E-state index in [4.69, 9.17) is 22.1 Å². The highest BCUT2D eigenvalue weighted by atomic mass is 35.5. The molecule has 3 N–H and O–H groups in total. The number of methoxy groups -OCH3 is 1. The molecule has 1 aliphatic rings. The predicted octanol–water partition coefficient (Wildman–Crippen LogP) is 4.17. The van der Waals surface area contributed by atoms with Crippen molar-refractivity contribution in [3.05, 3.63) is 58.6 Å². The van der Waals surface area contributed by atoms with Crippen molar-refractivity contribution in [2.75, 3.05) is 19.4 Å². The summed E-state index contributed by atoms with van der Waals surface area (Å²) in [7, 11) is 1.51. The minimum Gasteiger partial charge on any atom is -0.496 e. The van der Waals surface area contributed by atoms with E-state index in [1.165, 1.54) is 12.7 Å². The Morgan fingerprint density at radius 1 is 1.29 bits per heavy atom. The number of halogens is 3. The van der Waals surface area contributed by atoms with E-state index in [1.54, 1.807) is 12.1 Å². The zero-order valence-electron chi connectivity index (χ0n) is 15.9. The van der Waals surface area contributed by atoms with Crippen LogP contribution in [0, 0.1) is 0 Å². The molecule has 0 radical (unpaired) electrons. The first kappa shape index (κ1) is 24.4. The van der Waals surface area contributed by atoms with Crippen LogP contribution in [0.4, 0.5) is 5.69 Å². The zero-order valence-corrected chi connectivity index (χ0v) is 18.2. The first-order valence-corrected chi connectivity index (χ1v) is 9.07. The monoisotopic (exact) mass is 445 g/mol. The van der Waals surface area contributed by atoms with Gasteiger partial charge in [-0.15, -0.1) is 24.8 Å². The van der Waals surface area contributed by atoms with Crippen LogP contribution in [0.3, 0.4) is 0 Å². The Hall–Kier alpha value is -1.66. The third kappa shape index (κ3) is 5.67. The number of ether oxygens (including phenoxy) is 1. The number of nitrogens with zero attached hydrogens (tertiary/aromatic N) is 1. The molecule has 2 aromatic carbocycles. The summed E-state index contributed by atoms with van der Waals surface area (Å²) in [6, 6.07) is 14.0. The molecular weight excluding hydrogens is 421 g/mol. The van der Waals surface area contributed by atoms with Gasteiger partial charge in [-0.3, -0.25) is 9.69 Å². The Balaban J connectivity index is 0.00000196. The van der Waals surface area contributed by atoms with E-state index in [2.05, 4.69) is 29.3 Å². The number of carbonyl (C=O) groups excluding carboxylic acids is 1. The second-order valence-electron chi connectivity index (χ2n) is 6.74. The molecule has 1 aliphatic heterocycles. The molecule has 5 nitrogen and oxygen atoms in total. The van der Waals surface area contributed by atoms with Gasteiger partial charge in [-0.2, -0.15) is 0 Å². The van der Waals surface area contributed by atoms with Gasteiger partial charge in [0.2, 0.25) is 0 Å². The molecule has 2 aromatic rings. The van der Waals surface area contributed by atoms with Crippen LogP contribution >= 0.6 is 36.4 Å². The summed E-state index contributed by atoms with van der Waals surface area (Å²) in [5.41, 5.74) is 7.86. The molecule has 1 heterocycles. The molecule has 0 saturated carbocycles. The fourth-order valence-electron chi connectivity index (χ4n) is 3.42. The van der Waals surface area contributed by atoms with Gasteiger partial charge >= 0.3 is 0 Å². The summed E-state index contributed by atoms with van der Waals surface area (Å²) < 4.78 is 5.28. The van der Waals surface area contributed by atoms with E-state index in [9.17, 15) is 4.79 Å². The summed E-state index contributed by atoms with van der Waals surface area (Å²) in [6.45, 7) is 3.88. The maximum atomic E-state index is 12.7. The van der Waals surface area contributed by atoms with Gasteiger partial charge in [-0.05, 0) is 25.0 Å². The third-order valence-electron chi connectivity index (χ3n) is 4.83. The minimum absolute atomic E-state index is 0. The molecule has 0 spiro atoms. The van der Waals surface area contributed by atoms with Crippen LogP contribution in [0.1, 0.15) is 29.3 Å². The van der Waals surface area contributed by atoms with E-state index in [0.29, 0.717) is 28.1 Å². The number of carbonyl (C=O) groups is 1. The first-order valence-electron chi connectivity index (χ1n) is 8.69. The number of nitrogens with two attached hydrogens (primary N) is 1. The molecule has 1 saturated heterocycles. The number of hydrogen-bond acceptors (Lipinski definition) is 4. The maximum Gasteiger partial charge on any atom is 0.255 e. The van der Waals surface area contributed by atoms with Gasteiger partial charge in [0.05, 0.1) is 23.4 Å². The second-order valence-corrected chi connectivity index (χ2v) is 7.15. The normalized spacial score (nSPS) is 18.7. The lowest BCUT2D eigenvalue weighted by atomic mass is 10.1. The SMILES string of the molecule is COc1cc(N)c(Cl)cc1C(=O)NC1CC(C)N(Cc2ccccc2)C1.Cl.Cl. The molecule has 0 aromatic heterocycles. The largest absolute Gasteiger partial charge is 0.496 e. The van der Waals surface area contributed by atoms with Gasteiger partial charge in [0, 0.05) is 31.2 Å². The van der Waals surface area contributed by atoms with Crippen LogP contribution < -0.4 is 15.8 Å². The fraction of sp³-hybridized carbons (Fsp3) is 0.350. The van der Waals surface area contributed by atoms with Gasteiger partial charge in [0.25, 0.3) is 5.91 Å². The molecule has 154 valence electrons. The van der Waals surface area contributed by atoms with Gasteiger partial charge in [-0.25, -0.2) is 0 Å². The Bertz CT molecular complexity index is 790. The van der Waals surface area contributed by atoms with Crippen molar-refractivity contribution in [2.45, 2.75) is 32.0 Å². The molecule has 2 unspecified atom stereocenters.